The van der Waals surface area contributed by atoms with E-state index < -0.39 is 5.97 Å². The van der Waals surface area contributed by atoms with Crippen LogP contribution in [0.4, 0.5) is 0 Å². The molecule has 13 heavy (non-hydrogen) atoms. The summed E-state index contributed by atoms with van der Waals surface area (Å²) in [6.07, 6.45) is 0. The minimum absolute atomic E-state index is 0.0333. The Bertz CT molecular complexity index is 321. The molecule has 0 atom stereocenters. The van der Waals surface area contributed by atoms with Crippen molar-refractivity contribution in [3.63, 3.8) is 0 Å². The zero-order valence-corrected chi connectivity index (χ0v) is 6.30. The van der Waals surface area contributed by atoms with Gasteiger partial charge in [0.2, 0.25) is 0 Å². The van der Waals surface area contributed by atoms with Crippen molar-refractivity contribution < 1.29 is 30.2 Å². The number of carbonyl (C=O) groups is 1. The summed E-state index contributed by atoms with van der Waals surface area (Å²) in [6, 6.07) is 3.37. The van der Waals surface area contributed by atoms with E-state index in [1.807, 2.05) is 0 Å². The van der Waals surface area contributed by atoms with Gasteiger partial charge in [0.25, 0.3) is 0 Å². The van der Waals surface area contributed by atoms with Crippen LogP contribution < -0.4 is 9.78 Å². The molecule has 0 amide bonds. The van der Waals surface area contributed by atoms with Crippen LogP contribution in [-0.4, -0.2) is 21.6 Å². The highest BCUT2D eigenvalue weighted by atomic mass is 17.1. The molecule has 0 spiro atoms. The number of carboxylic acid groups (broad SMARTS) is 1. The zero-order chi connectivity index (χ0) is 9.84. The van der Waals surface area contributed by atoms with Crippen molar-refractivity contribution in [3.8, 4) is 11.5 Å². The molecule has 1 rings (SSSR count). The predicted molar refractivity (Wildman–Crippen MR) is 39.9 cm³/mol. The largest absolute Gasteiger partial charge is 0.478 e. The second kappa shape index (κ2) is 3.74. The molecule has 0 aliphatic heterocycles. The van der Waals surface area contributed by atoms with Gasteiger partial charge < -0.3 is 14.9 Å². The smallest absolute Gasteiger partial charge is 0.339 e. The highest BCUT2D eigenvalue weighted by Crippen LogP contribution is 2.23. The molecule has 0 heterocycles. The van der Waals surface area contributed by atoms with Crippen LogP contribution in [0.2, 0.25) is 0 Å². The van der Waals surface area contributed by atoms with Crippen LogP contribution >= 0.6 is 0 Å². The van der Waals surface area contributed by atoms with Crippen molar-refractivity contribution in [3.05, 3.63) is 23.8 Å². The molecule has 0 fully saturated rings. The van der Waals surface area contributed by atoms with Gasteiger partial charge in [-0.05, 0) is 12.1 Å². The van der Waals surface area contributed by atoms with Gasteiger partial charge >= 0.3 is 5.97 Å². The first-order valence-corrected chi connectivity index (χ1v) is 3.19. The lowest BCUT2D eigenvalue weighted by Gasteiger charge is -2.02. The van der Waals surface area contributed by atoms with Gasteiger partial charge in [0.05, 0.1) is 0 Å². The van der Waals surface area contributed by atoms with Gasteiger partial charge in [-0.25, -0.2) is 15.3 Å². The number of carboxylic acids is 1. The number of hydrogen-bond donors (Lipinski definition) is 3. The van der Waals surface area contributed by atoms with Gasteiger partial charge in [-0.1, -0.05) is 0 Å². The minimum atomic E-state index is -1.26. The molecule has 0 aliphatic rings. The third kappa shape index (κ3) is 1.86. The van der Waals surface area contributed by atoms with E-state index in [1.165, 1.54) is 6.07 Å². The summed E-state index contributed by atoms with van der Waals surface area (Å²) in [4.78, 5) is 18.1. The number of rotatable bonds is 3. The summed E-state index contributed by atoms with van der Waals surface area (Å²) in [5.74, 6) is -1.60. The highest BCUT2D eigenvalue weighted by Gasteiger charge is 2.12. The average Bonchev–Trinajstić information content (AvgIpc) is 2.16. The molecule has 6 nitrogen and oxygen atoms in total. The first kappa shape index (κ1) is 9.30. The molecule has 0 saturated carbocycles. The van der Waals surface area contributed by atoms with Gasteiger partial charge in [-0.3, -0.25) is 0 Å². The van der Waals surface area contributed by atoms with Crippen molar-refractivity contribution >= 4 is 5.97 Å². The molecule has 0 bridgehead atoms. The number of benzene rings is 1. The molecule has 0 saturated heterocycles. The van der Waals surface area contributed by atoms with Crippen molar-refractivity contribution in [2.24, 2.45) is 0 Å². The fourth-order valence-corrected chi connectivity index (χ4v) is 0.812. The monoisotopic (exact) mass is 186 g/mol. The van der Waals surface area contributed by atoms with E-state index in [-0.39, 0.29) is 17.1 Å². The summed E-state index contributed by atoms with van der Waals surface area (Å²) in [5, 5.41) is 25.1. The summed E-state index contributed by atoms with van der Waals surface area (Å²) in [6.45, 7) is 0. The molecule has 0 radical (unpaired) electrons. The van der Waals surface area contributed by atoms with Gasteiger partial charge in [0.15, 0.2) is 11.5 Å². The van der Waals surface area contributed by atoms with Crippen molar-refractivity contribution in [2.45, 2.75) is 0 Å². The molecule has 6 heteroatoms. The lowest BCUT2D eigenvalue weighted by atomic mass is 10.2. The topological polar surface area (TPSA) is 96.2 Å². The average molecular weight is 186 g/mol. The van der Waals surface area contributed by atoms with E-state index in [4.69, 9.17) is 15.6 Å². The summed E-state index contributed by atoms with van der Waals surface area (Å²) in [5.41, 5.74) is -0.233. The maximum Gasteiger partial charge on any atom is 0.339 e. The summed E-state index contributed by atoms with van der Waals surface area (Å²) < 4.78 is 0. The third-order valence-electron chi connectivity index (χ3n) is 1.39. The molecule has 0 aromatic heterocycles. The Hall–Kier alpha value is -1.79. The Morgan fingerprint density at radius 1 is 1.23 bits per heavy atom. The van der Waals surface area contributed by atoms with Crippen LogP contribution in [0.1, 0.15) is 10.4 Å². The molecule has 1 aromatic rings. The molecule has 0 unspecified atom stereocenters. The molecule has 3 N–H and O–H groups in total. The van der Waals surface area contributed by atoms with E-state index in [1.54, 1.807) is 0 Å². The lowest BCUT2D eigenvalue weighted by molar-refractivity contribution is -0.145. The molecular formula is C7H6O6. The van der Waals surface area contributed by atoms with Crippen LogP contribution in [0.15, 0.2) is 18.2 Å². The van der Waals surface area contributed by atoms with Crippen LogP contribution in [0, 0.1) is 0 Å². The van der Waals surface area contributed by atoms with Gasteiger partial charge in [0.1, 0.15) is 5.56 Å². The van der Waals surface area contributed by atoms with E-state index in [2.05, 4.69) is 9.78 Å². The minimum Gasteiger partial charge on any atom is -0.478 e. The van der Waals surface area contributed by atoms with E-state index in [0.717, 1.165) is 12.1 Å². The van der Waals surface area contributed by atoms with Crippen molar-refractivity contribution in [2.75, 3.05) is 0 Å². The second-order valence-electron chi connectivity index (χ2n) is 2.15. The molecule has 70 valence electrons. The number of aromatic carboxylic acids is 1. The van der Waals surface area contributed by atoms with E-state index >= 15 is 0 Å². The van der Waals surface area contributed by atoms with E-state index in [0.29, 0.717) is 0 Å². The lowest BCUT2D eigenvalue weighted by Crippen LogP contribution is -2.00. The molecular weight excluding hydrogens is 180 g/mol. The fraction of sp³-hybridized carbons (Fsp3) is 0. The first-order valence-electron chi connectivity index (χ1n) is 3.19. The van der Waals surface area contributed by atoms with Crippen LogP contribution in [-0.2, 0) is 0 Å². The maximum absolute atomic E-state index is 10.5. The standard InChI is InChI=1S/C7H6O6/c8-7(9)5-2-1-4(12-10)3-6(5)13-11/h1-3,10-11H,(H,8,9). The maximum atomic E-state index is 10.5. The van der Waals surface area contributed by atoms with Gasteiger partial charge in [-0.2, -0.15) is 0 Å². The quantitative estimate of drug-likeness (QED) is 0.483. The molecule has 1 aromatic carbocycles. The van der Waals surface area contributed by atoms with Crippen LogP contribution in [0.3, 0.4) is 0 Å². The Morgan fingerprint density at radius 3 is 2.38 bits per heavy atom. The van der Waals surface area contributed by atoms with Gasteiger partial charge in [-0.15, -0.1) is 0 Å². The zero-order valence-electron chi connectivity index (χ0n) is 6.30. The number of hydrogen-bond acceptors (Lipinski definition) is 5. The summed E-state index contributed by atoms with van der Waals surface area (Å²) in [7, 11) is 0. The second-order valence-corrected chi connectivity index (χ2v) is 2.15. The third-order valence-corrected chi connectivity index (χ3v) is 1.39. The first-order chi connectivity index (χ1) is 6.19. The van der Waals surface area contributed by atoms with E-state index in [9.17, 15) is 4.79 Å². The highest BCUT2D eigenvalue weighted by molar-refractivity contribution is 5.91. The fourth-order valence-electron chi connectivity index (χ4n) is 0.812. The normalized spacial score (nSPS) is 9.38. The Morgan fingerprint density at radius 2 is 1.92 bits per heavy atom. The van der Waals surface area contributed by atoms with Crippen molar-refractivity contribution in [1.29, 1.82) is 0 Å². The summed E-state index contributed by atoms with van der Waals surface area (Å²) >= 11 is 0. The van der Waals surface area contributed by atoms with Crippen LogP contribution in [0.25, 0.3) is 0 Å². The SMILES string of the molecule is O=C(O)c1ccc(OO)cc1OO. The Kier molecular flexibility index (Phi) is 2.68. The predicted octanol–water partition coefficient (Wildman–Crippen LogP) is 1.09. The molecule has 0 aliphatic carbocycles. The van der Waals surface area contributed by atoms with Crippen LogP contribution in [0.5, 0.6) is 11.5 Å². The van der Waals surface area contributed by atoms with Crippen molar-refractivity contribution in [1.82, 2.24) is 0 Å². The van der Waals surface area contributed by atoms with Gasteiger partial charge in [0, 0.05) is 6.07 Å². The Labute approximate surface area is 72.4 Å². The Balaban J connectivity index is 3.15.